The number of hydrogen-bond acceptors (Lipinski definition) is 9. The molecule has 118 valence electrons. The van der Waals surface area contributed by atoms with Crippen molar-refractivity contribution in [1.82, 2.24) is 14.4 Å². The van der Waals surface area contributed by atoms with E-state index in [-0.39, 0.29) is 18.6 Å². The summed E-state index contributed by atoms with van der Waals surface area (Å²) in [6.07, 6.45) is 4.12. The molecular formula is C13H16N4O3S2. The van der Waals surface area contributed by atoms with Crippen LogP contribution in [-0.2, 0) is 9.53 Å². The lowest BCUT2D eigenvalue weighted by Crippen LogP contribution is -2.36. The second-order valence-electron chi connectivity index (χ2n) is 4.85. The smallest absolute Gasteiger partial charge is 0.337 e. The van der Waals surface area contributed by atoms with Gasteiger partial charge in [-0.1, -0.05) is 11.9 Å². The molecule has 0 aromatic carbocycles. The van der Waals surface area contributed by atoms with Crippen LogP contribution in [0, 0.1) is 0 Å². The summed E-state index contributed by atoms with van der Waals surface area (Å²) in [4.78, 5) is 22.8. The van der Waals surface area contributed by atoms with E-state index in [1.807, 2.05) is 16.5 Å². The Morgan fingerprint density at radius 1 is 1.64 bits per heavy atom. The van der Waals surface area contributed by atoms with Gasteiger partial charge in [-0.25, -0.2) is 9.78 Å². The Hall–Kier alpha value is -1.42. The summed E-state index contributed by atoms with van der Waals surface area (Å²) in [7, 11) is 1.37. The molecule has 1 aromatic rings. The van der Waals surface area contributed by atoms with Crippen LogP contribution in [0.1, 0.15) is 11.4 Å². The number of rotatable bonds is 4. The molecule has 2 aliphatic heterocycles. The molecule has 1 atom stereocenters. The number of hydroxylamine groups is 1. The van der Waals surface area contributed by atoms with E-state index in [9.17, 15) is 10.0 Å². The van der Waals surface area contributed by atoms with E-state index in [1.54, 1.807) is 6.20 Å². The van der Waals surface area contributed by atoms with Gasteiger partial charge in [0.25, 0.3) is 0 Å². The zero-order valence-corrected chi connectivity index (χ0v) is 13.9. The number of amidine groups is 1. The highest BCUT2D eigenvalue weighted by Gasteiger charge is 2.39. The Labute approximate surface area is 136 Å². The lowest BCUT2D eigenvalue weighted by molar-refractivity contribution is -0.136. The van der Waals surface area contributed by atoms with Gasteiger partial charge >= 0.3 is 5.97 Å². The van der Waals surface area contributed by atoms with Crippen LogP contribution in [0.3, 0.4) is 0 Å². The molecule has 0 bridgehead atoms. The van der Waals surface area contributed by atoms with E-state index in [2.05, 4.69) is 9.98 Å². The van der Waals surface area contributed by atoms with Gasteiger partial charge in [0.2, 0.25) is 0 Å². The Balaban J connectivity index is 1.96. The van der Waals surface area contributed by atoms with Crippen molar-refractivity contribution in [2.24, 2.45) is 4.99 Å². The molecular weight excluding hydrogens is 324 g/mol. The SMILES string of the molecule is COC(=O)C1=C2CC(N(O)SC)CN2C(c2nccs2)=NC1. The molecule has 0 aliphatic carbocycles. The fraction of sp³-hybridized carbons (Fsp3) is 0.462. The zero-order valence-electron chi connectivity index (χ0n) is 12.2. The van der Waals surface area contributed by atoms with E-state index in [0.29, 0.717) is 18.5 Å². The number of carbonyl (C=O) groups is 1. The summed E-state index contributed by atoms with van der Waals surface area (Å²) in [5.74, 6) is 0.394. The molecule has 1 saturated heterocycles. The van der Waals surface area contributed by atoms with Gasteiger partial charge in [0, 0.05) is 30.2 Å². The van der Waals surface area contributed by atoms with Crippen molar-refractivity contribution in [2.75, 3.05) is 26.5 Å². The minimum absolute atomic E-state index is 0.104. The van der Waals surface area contributed by atoms with Crippen molar-refractivity contribution in [3.05, 3.63) is 27.9 Å². The number of carbonyl (C=O) groups excluding carboxylic acids is 1. The van der Waals surface area contributed by atoms with Crippen molar-refractivity contribution in [2.45, 2.75) is 12.5 Å². The summed E-state index contributed by atoms with van der Waals surface area (Å²) >= 11 is 2.76. The highest BCUT2D eigenvalue weighted by atomic mass is 32.2. The first-order valence-corrected chi connectivity index (χ1v) is 8.76. The number of nitrogens with zero attached hydrogens (tertiary/aromatic N) is 4. The third-order valence-electron chi connectivity index (χ3n) is 3.69. The standard InChI is InChI=1S/C13H16N4O3S2/c1-20-13(18)9-6-15-11(12-14-3-4-22-12)16-7-8(5-10(9)16)17(19)21-2/h3-4,8,19H,5-7H2,1-2H3. The number of esters is 1. The number of aliphatic imine (C=N–C) groups is 1. The summed E-state index contributed by atoms with van der Waals surface area (Å²) in [6.45, 7) is 0.844. The minimum atomic E-state index is -0.365. The first-order valence-electron chi connectivity index (χ1n) is 6.70. The van der Waals surface area contributed by atoms with Gasteiger partial charge in [0.15, 0.2) is 10.8 Å². The molecule has 1 aromatic heterocycles. The van der Waals surface area contributed by atoms with Crippen LogP contribution in [0.15, 0.2) is 27.8 Å². The van der Waals surface area contributed by atoms with Gasteiger partial charge < -0.3 is 14.8 Å². The molecule has 0 radical (unpaired) electrons. The van der Waals surface area contributed by atoms with Gasteiger partial charge in [-0.3, -0.25) is 4.99 Å². The molecule has 0 spiro atoms. The van der Waals surface area contributed by atoms with Crippen LogP contribution in [0.5, 0.6) is 0 Å². The van der Waals surface area contributed by atoms with Crippen LogP contribution in [-0.4, -0.2) is 63.9 Å². The molecule has 7 nitrogen and oxygen atoms in total. The summed E-state index contributed by atoms with van der Waals surface area (Å²) in [5.41, 5.74) is 1.42. The normalized spacial score (nSPS) is 21.2. The molecule has 1 fully saturated rings. The molecule has 9 heteroatoms. The van der Waals surface area contributed by atoms with Crippen molar-refractivity contribution in [3.63, 3.8) is 0 Å². The average molecular weight is 340 g/mol. The van der Waals surface area contributed by atoms with Crippen LogP contribution in [0.25, 0.3) is 0 Å². The summed E-state index contributed by atoms with van der Waals surface area (Å²) < 4.78 is 6.08. The van der Waals surface area contributed by atoms with Gasteiger partial charge in [-0.2, -0.15) is 0 Å². The average Bonchev–Trinajstić information content (AvgIpc) is 3.21. The van der Waals surface area contributed by atoms with E-state index in [0.717, 1.165) is 16.5 Å². The maximum absolute atomic E-state index is 12.0. The van der Waals surface area contributed by atoms with Crippen molar-refractivity contribution >= 4 is 35.1 Å². The highest BCUT2D eigenvalue weighted by Crippen LogP contribution is 2.34. The minimum Gasteiger partial charge on any atom is -0.466 e. The lowest BCUT2D eigenvalue weighted by atomic mass is 10.1. The van der Waals surface area contributed by atoms with Gasteiger partial charge in [-0.15, -0.1) is 15.8 Å². The molecule has 1 unspecified atom stereocenters. The van der Waals surface area contributed by atoms with Crippen LogP contribution >= 0.6 is 23.3 Å². The number of hydrogen-bond donors (Lipinski definition) is 1. The Kier molecular flexibility index (Phi) is 4.48. The molecule has 3 rings (SSSR count). The molecule has 1 N–H and O–H groups in total. The third-order valence-corrected chi connectivity index (χ3v) is 5.14. The number of thiazole rings is 1. The van der Waals surface area contributed by atoms with E-state index >= 15 is 0 Å². The summed E-state index contributed by atoms with van der Waals surface area (Å²) in [6, 6.07) is -0.104. The Morgan fingerprint density at radius 3 is 3.09 bits per heavy atom. The first-order chi connectivity index (χ1) is 10.7. The fourth-order valence-electron chi connectivity index (χ4n) is 2.67. The Bertz CT molecular complexity index is 629. The fourth-order valence-corrected chi connectivity index (χ4v) is 3.76. The lowest BCUT2D eigenvalue weighted by Gasteiger charge is -2.26. The topological polar surface area (TPSA) is 78.3 Å². The number of fused-ring (bicyclic) bond motifs is 1. The molecule has 0 saturated carbocycles. The zero-order chi connectivity index (χ0) is 15.7. The van der Waals surface area contributed by atoms with E-state index in [4.69, 9.17) is 4.74 Å². The van der Waals surface area contributed by atoms with Crippen LogP contribution < -0.4 is 0 Å². The van der Waals surface area contributed by atoms with Gasteiger partial charge in [-0.05, 0) is 6.26 Å². The second kappa shape index (κ2) is 6.37. The van der Waals surface area contributed by atoms with E-state index in [1.165, 1.54) is 34.9 Å². The van der Waals surface area contributed by atoms with Gasteiger partial charge in [0.05, 0.1) is 25.3 Å². The monoisotopic (exact) mass is 340 g/mol. The van der Waals surface area contributed by atoms with Crippen LogP contribution in [0.4, 0.5) is 0 Å². The predicted octanol–water partition coefficient (Wildman–Crippen LogP) is 1.37. The highest BCUT2D eigenvalue weighted by molar-refractivity contribution is 7.96. The largest absolute Gasteiger partial charge is 0.466 e. The van der Waals surface area contributed by atoms with Crippen molar-refractivity contribution in [1.29, 1.82) is 0 Å². The maximum atomic E-state index is 12.0. The van der Waals surface area contributed by atoms with Gasteiger partial charge in [0.1, 0.15) is 0 Å². The quantitative estimate of drug-likeness (QED) is 0.504. The third kappa shape index (κ3) is 2.65. The first kappa shape index (κ1) is 15.5. The molecule has 3 heterocycles. The number of methoxy groups -OCH3 is 1. The molecule has 0 amide bonds. The maximum Gasteiger partial charge on any atom is 0.337 e. The second-order valence-corrected chi connectivity index (χ2v) is 6.48. The Morgan fingerprint density at radius 2 is 2.45 bits per heavy atom. The number of aromatic nitrogens is 1. The summed E-state index contributed by atoms with van der Waals surface area (Å²) in [5, 5.41) is 12.7. The number of ether oxygens (including phenoxy) is 1. The van der Waals surface area contributed by atoms with Crippen molar-refractivity contribution < 1.29 is 14.7 Å². The molecule has 22 heavy (non-hydrogen) atoms. The van der Waals surface area contributed by atoms with Crippen molar-refractivity contribution in [3.8, 4) is 0 Å². The van der Waals surface area contributed by atoms with E-state index < -0.39 is 0 Å². The predicted molar refractivity (Wildman–Crippen MR) is 84.8 cm³/mol. The van der Waals surface area contributed by atoms with Crippen LogP contribution in [0.2, 0.25) is 0 Å². The molecule has 2 aliphatic rings.